The van der Waals surface area contributed by atoms with Gasteiger partial charge in [0.1, 0.15) is 17.1 Å². The van der Waals surface area contributed by atoms with Crippen LogP contribution in [-0.2, 0) is 22.6 Å². The van der Waals surface area contributed by atoms with Gasteiger partial charge < -0.3 is 19.5 Å². The summed E-state index contributed by atoms with van der Waals surface area (Å²) in [7, 11) is 0. The number of halogens is 1. The van der Waals surface area contributed by atoms with E-state index in [4.69, 9.17) is 4.74 Å². The van der Waals surface area contributed by atoms with Gasteiger partial charge in [0.2, 0.25) is 5.91 Å². The molecule has 5 rings (SSSR count). The fourth-order valence-corrected chi connectivity index (χ4v) is 4.75. The maximum Gasteiger partial charge on any atom is 0.271 e. The minimum atomic E-state index is -1.19. The molecule has 1 N–H and O–H groups in total. The first-order valence-electron chi connectivity index (χ1n) is 11.0. The fourth-order valence-electron chi connectivity index (χ4n) is 4.75. The first-order valence-corrected chi connectivity index (χ1v) is 11.0. The molecule has 32 heavy (non-hydrogen) atoms. The van der Waals surface area contributed by atoms with Gasteiger partial charge in [-0.05, 0) is 38.0 Å². The number of rotatable bonds is 5. The van der Waals surface area contributed by atoms with Crippen molar-refractivity contribution in [3.05, 3.63) is 71.7 Å². The second-order valence-corrected chi connectivity index (χ2v) is 8.78. The quantitative estimate of drug-likeness (QED) is 0.667. The van der Waals surface area contributed by atoms with Crippen LogP contribution in [0.15, 0.2) is 54.6 Å². The highest BCUT2D eigenvalue weighted by Gasteiger charge is 2.48. The van der Waals surface area contributed by atoms with Crippen molar-refractivity contribution >= 4 is 22.7 Å². The Hall–Kier alpha value is -3.19. The predicted molar refractivity (Wildman–Crippen MR) is 119 cm³/mol. The smallest absolute Gasteiger partial charge is 0.271 e. The molecule has 1 saturated heterocycles. The van der Waals surface area contributed by atoms with Crippen LogP contribution in [0.4, 0.5) is 4.39 Å². The van der Waals surface area contributed by atoms with Gasteiger partial charge in [-0.15, -0.1) is 0 Å². The van der Waals surface area contributed by atoms with Gasteiger partial charge in [0, 0.05) is 29.6 Å². The topological polar surface area (TPSA) is 63.6 Å². The first kappa shape index (κ1) is 20.7. The summed E-state index contributed by atoms with van der Waals surface area (Å²) in [5, 5.41) is 3.93. The number of ether oxygens (including phenoxy) is 1. The Kier molecular flexibility index (Phi) is 5.21. The molecule has 1 fully saturated rings. The summed E-state index contributed by atoms with van der Waals surface area (Å²) in [6, 6.07) is 15.9. The van der Waals surface area contributed by atoms with E-state index in [9.17, 15) is 14.0 Å². The average molecular weight is 435 g/mol. The van der Waals surface area contributed by atoms with E-state index in [2.05, 4.69) is 5.32 Å². The molecule has 2 unspecified atom stereocenters. The molecule has 166 valence electrons. The van der Waals surface area contributed by atoms with Crippen LogP contribution in [0.3, 0.4) is 0 Å². The molecule has 0 aliphatic carbocycles. The molecular formula is C25H26FN3O3. The lowest BCUT2D eigenvalue weighted by molar-refractivity contribution is -0.133. The summed E-state index contributed by atoms with van der Waals surface area (Å²) in [6.07, 6.45) is 1.88. The summed E-state index contributed by atoms with van der Waals surface area (Å²) < 4.78 is 22.0. The lowest BCUT2D eigenvalue weighted by atomic mass is 9.93. The zero-order valence-corrected chi connectivity index (χ0v) is 18.0. The largest absolute Gasteiger partial charge is 0.376 e. The molecule has 0 spiro atoms. The minimum Gasteiger partial charge on any atom is -0.376 e. The van der Waals surface area contributed by atoms with E-state index >= 15 is 0 Å². The van der Waals surface area contributed by atoms with Gasteiger partial charge in [-0.1, -0.05) is 36.4 Å². The number of para-hydroxylation sites is 1. The lowest BCUT2D eigenvalue weighted by Gasteiger charge is -2.44. The molecule has 1 aromatic heterocycles. The zero-order valence-electron chi connectivity index (χ0n) is 18.0. The van der Waals surface area contributed by atoms with Gasteiger partial charge in [0.15, 0.2) is 0 Å². The van der Waals surface area contributed by atoms with E-state index in [0.717, 1.165) is 23.7 Å². The SMILES string of the molecule is CC1(C(=O)NCC2CCCO2)Cn2c(cc3ccccc32)C(=O)N1Cc1ccccc1F. The van der Waals surface area contributed by atoms with Crippen LogP contribution in [-0.4, -0.2) is 46.1 Å². The molecule has 3 aromatic rings. The number of hydrogen-bond donors (Lipinski definition) is 1. The van der Waals surface area contributed by atoms with Crippen molar-refractivity contribution in [3.63, 3.8) is 0 Å². The molecule has 2 aromatic carbocycles. The molecule has 0 saturated carbocycles. The minimum absolute atomic E-state index is 0.00942. The maximum atomic E-state index is 14.5. The summed E-state index contributed by atoms with van der Waals surface area (Å²) in [6.45, 7) is 3.16. The van der Waals surface area contributed by atoms with Crippen LogP contribution in [0.1, 0.15) is 35.8 Å². The van der Waals surface area contributed by atoms with E-state index < -0.39 is 11.4 Å². The van der Waals surface area contributed by atoms with E-state index in [1.807, 2.05) is 34.9 Å². The monoisotopic (exact) mass is 435 g/mol. The highest BCUT2D eigenvalue weighted by Crippen LogP contribution is 2.33. The van der Waals surface area contributed by atoms with E-state index in [1.165, 1.54) is 11.0 Å². The molecular weight excluding hydrogens is 409 g/mol. The Bertz CT molecular complexity index is 1180. The van der Waals surface area contributed by atoms with E-state index in [1.54, 1.807) is 25.1 Å². The summed E-state index contributed by atoms with van der Waals surface area (Å²) in [5.74, 6) is -0.944. The van der Waals surface area contributed by atoms with Crippen molar-refractivity contribution in [1.82, 2.24) is 14.8 Å². The third-order valence-corrected chi connectivity index (χ3v) is 6.63. The van der Waals surface area contributed by atoms with Crippen molar-refractivity contribution in [2.75, 3.05) is 13.2 Å². The predicted octanol–water partition coefficient (Wildman–Crippen LogP) is 3.49. The van der Waals surface area contributed by atoms with Crippen LogP contribution in [0.2, 0.25) is 0 Å². The number of aromatic nitrogens is 1. The Morgan fingerprint density at radius 2 is 2.00 bits per heavy atom. The van der Waals surface area contributed by atoms with Crippen molar-refractivity contribution in [2.45, 2.75) is 44.5 Å². The number of carbonyl (C=O) groups is 2. The second kappa shape index (κ2) is 8.06. The van der Waals surface area contributed by atoms with Crippen LogP contribution >= 0.6 is 0 Å². The van der Waals surface area contributed by atoms with Crippen LogP contribution < -0.4 is 5.32 Å². The number of amides is 2. The van der Waals surface area contributed by atoms with Gasteiger partial charge in [-0.2, -0.15) is 0 Å². The van der Waals surface area contributed by atoms with E-state index in [-0.39, 0.29) is 31.0 Å². The number of nitrogens with zero attached hydrogens (tertiary/aromatic N) is 2. The summed E-state index contributed by atoms with van der Waals surface area (Å²) in [4.78, 5) is 28.7. The fraction of sp³-hybridized carbons (Fsp3) is 0.360. The van der Waals surface area contributed by atoms with Gasteiger partial charge in [-0.3, -0.25) is 9.59 Å². The van der Waals surface area contributed by atoms with Crippen LogP contribution in [0, 0.1) is 5.82 Å². The van der Waals surface area contributed by atoms with E-state index in [0.29, 0.717) is 24.4 Å². The zero-order chi connectivity index (χ0) is 22.3. The number of nitrogens with one attached hydrogen (secondary N) is 1. The normalized spacial score (nSPS) is 22.9. The molecule has 3 heterocycles. The molecule has 0 radical (unpaired) electrons. The van der Waals surface area contributed by atoms with Gasteiger partial charge in [0.05, 0.1) is 19.2 Å². The number of fused-ring (bicyclic) bond motifs is 3. The molecule has 0 bridgehead atoms. The number of hydrogen-bond acceptors (Lipinski definition) is 3. The Labute approximate surface area is 186 Å². The third kappa shape index (κ3) is 3.46. The van der Waals surface area contributed by atoms with Gasteiger partial charge in [0.25, 0.3) is 5.91 Å². The number of benzene rings is 2. The first-order chi connectivity index (χ1) is 15.5. The summed E-state index contributed by atoms with van der Waals surface area (Å²) >= 11 is 0. The average Bonchev–Trinajstić information content (AvgIpc) is 3.44. The molecule has 7 heteroatoms. The maximum absolute atomic E-state index is 14.5. The highest BCUT2D eigenvalue weighted by molar-refractivity contribution is 6.03. The molecule has 2 atom stereocenters. The standard InChI is InChI=1S/C25H26FN3O3/c1-25(24(31)27-14-19-9-6-12-32-19)16-28-21-11-5-3-7-17(21)13-22(28)23(30)29(25)15-18-8-2-4-10-20(18)26/h2-5,7-8,10-11,13,19H,6,9,12,14-16H2,1H3,(H,27,31). The van der Waals surface area contributed by atoms with Crippen molar-refractivity contribution in [1.29, 1.82) is 0 Å². The van der Waals surface area contributed by atoms with Crippen LogP contribution in [0.5, 0.6) is 0 Å². The highest BCUT2D eigenvalue weighted by atomic mass is 19.1. The lowest BCUT2D eigenvalue weighted by Crippen LogP contribution is -2.64. The van der Waals surface area contributed by atoms with Crippen molar-refractivity contribution in [3.8, 4) is 0 Å². The molecule has 2 aliphatic heterocycles. The summed E-state index contributed by atoms with van der Waals surface area (Å²) in [5.41, 5.74) is 0.599. The molecule has 2 amide bonds. The van der Waals surface area contributed by atoms with Gasteiger partial charge in [-0.25, -0.2) is 4.39 Å². The van der Waals surface area contributed by atoms with Crippen LogP contribution in [0.25, 0.3) is 10.9 Å². The van der Waals surface area contributed by atoms with Crippen molar-refractivity contribution < 1.29 is 18.7 Å². The molecule has 6 nitrogen and oxygen atoms in total. The number of carbonyl (C=O) groups excluding carboxylic acids is 2. The Morgan fingerprint density at radius 3 is 2.78 bits per heavy atom. The Morgan fingerprint density at radius 1 is 1.22 bits per heavy atom. The molecule has 2 aliphatic rings. The second-order valence-electron chi connectivity index (χ2n) is 8.78. The van der Waals surface area contributed by atoms with Crippen molar-refractivity contribution in [2.24, 2.45) is 0 Å². The van der Waals surface area contributed by atoms with Gasteiger partial charge >= 0.3 is 0 Å². The Balaban J connectivity index is 1.53. The third-order valence-electron chi connectivity index (χ3n) is 6.63.